The number of hydrogen-bond donors (Lipinski definition) is 2. The standard InChI is InChI=1S/C14H10N4Se/c1-3-11(15-7-1)9-5-6-10(12-4-2-8-16-12)14-13(9)17-19-18-14/h1-8,15-16H. The summed E-state index contributed by atoms with van der Waals surface area (Å²) in [5, 5.41) is 0. The van der Waals surface area contributed by atoms with Crippen LogP contribution in [-0.4, -0.2) is 32.9 Å². The molecule has 0 aliphatic carbocycles. The first kappa shape index (κ1) is 10.8. The maximum atomic E-state index is 4.59. The molecule has 0 atom stereocenters. The van der Waals surface area contributed by atoms with E-state index in [2.05, 4.69) is 42.2 Å². The number of aromatic nitrogens is 4. The fraction of sp³-hybridized carbons (Fsp3) is 0. The van der Waals surface area contributed by atoms with Crippen LogP contribution >= 0.6 is 0 Å². The predicted molar refractivity (Wildman–Crippen MR) is 76.1 cm³/mol. The average Bonchev–Trinajstić information content (AvgIpc) is 3.19. The number of rotatable bonds is 2. The van der Waals surface area contributed by atoms with Crippen molar-refractivity contribution in [3.8, 4) is 22.5 Å². The van der Waals surface area contributed by atoms with Crippen LogP contribution in [0.1, 0.15) is 0 Å². The number of aromatic amines is 2. The minimum atomic E-state index is -0.0353. The van der Waals surface area contributed by atoms with Crippen LogP contribution in [0.4, 0.5) is 0 Å². The molecular weight excluding hydrogens is 303 g/mol. The summed E-state index contributed by atoms with van der Waals surface area (Å²) >= 11 is -0.0353. The molecular formula is C14H10N4Se. The second kappa shape index (κ2) is 4.23. The fourth-order valence-electron chi connectivity index (χ4n) is 2.30. The summed E-state index contributed by atoms with van der Waals surface area (Å²) in [5.74, 6) is 0. The summed E-state index contributed by atoms with van der Waals surface area (Å²) in [6.07, 6.45) is 3.86. The zero-order valence-corrected chi connectivity index (χ0v) is 11.6. The first-order valence-corrected chi connectivity index (χ1v) is 7.49. The third-order valence-electron chi connectivity index (χ3n) is 3.19. The van der Waals surface area contributed by atoms with Crippen LogP contribution in [0, 0.1) is 0 Å². The van der Waals surface area contributed by atoms with E-state index < -0.39 is 0 Å². The predicted octanol–water partition coefficient (Wildman–Crippen LogP) is 2.68. The Morgan fingerprint density at radius 3 is 1.68 bits per heavy atom. The van der Waals surface area contributed by atoms with Gasteiger partial charge in [0, 0.05) is 0 Å². The molecule has 0 aliphatic heterocycles. The second-order valence-corrected chi connectivity index (χ2v) is 5.40. The maximum absolute atomic E-state index is 4.59. The van der Waals surface area contributed by atoms with Crippen molar-refractivity contribution in [2.75, 3.05) is 0 Å². The molecule has 4 nitrogen and oxygen atoms in total. The third kappa shape index (κ3) is 1.67. The zero-order chi connectivity index (χ0) is 12.7. The first-order valence-electron chi connectivity index (χ1n) is 5.96. The number of nitrogens with zero attached hydrogens (tertiary/aromatic N) is 2. The molecule has 19 heavy (non-hydrogen) atoms. The molecule has 0 spiro atoms. The molecule has 3 heterocycles. The van der Waals surface area contributed by atoms with Crippen LogP contribution in [0.25, 0.3) is 33.5 Å². The molecule has 5 heteroatoms. The molecule has 2 N–H and O–H groups in total. The van der Waals surface area contributed by atoms with Crippen molar-refractivity contribution in [2.45, 2.75) is 0 Å². The van der Waals surface area contributed by atoms with Crippen molar-refractivity contribution < 1.29 is 0 Å². The van der Waals surface area contributed by atoms with Crippen molar-refractivity contribution in [3.05, 3.63) is 48.8 Å². The summed E-state index contributed by atoms with van der Waals surface area (Å²) in [4.78, 5) is 6.47. The van der Waals surface area contributed by atoms with Gasteiger partial charge in [-0.05, 0) is 0 Å². The van der Waals surface area contributed by atoms with Crippen LogP contribution in [0.5, 0.6) is 0 Å². The van der Waals surface area contributed by atoms with Gasteiger partial charge in [-0.15, -0.1) is 0 Å². The van der Waals surface area contributed by atoms with Gasteiger partial charge < -0.3 is 0 Å². The summed E-state index contributed by atoms with van der Waals surface area (Å²) in [5.41, 5.74) is 6.44. The van der Waals surface area contributed by atoms with Gasteiger partial charge in [-0.1, -0.05) is 0 Å². The minimum absolute atomic E-state index is 0.0353. The third-order valence-corrected chi connectivity index (χ3v) is 4.30. The van der Waals surface area contributed by atoms with E-state index in [4.69, 9.17) is 0 Å². The van der Waals surface area contributed by atoms with Crippen LogP contribution < -0.4 is 0 Å². The van der Waals surface area contributed by atoms with E-state index in [9.17, 15) is 0 Å². The van der Waals surface area contributed by atoms with Gasteiger partial charge >= 0.3 is 115 Å². The Kier molecular flexibility index (Phi) is 2.40. The van der Waals surface area contributed by atoms with Gasteiger partial charge in [-0.2, -0.15) is 0 Å². The van der Waals surface area contributed by atoms with E-state index in [1.807, 2.05) is 24.5 Å². The van der Waals surface area contributed by atoms with Crippen LogP contribution in [0.2, 0.25) is 0 Å². The van der Waals surface area contributed by atoms with E-state index in [0.29, 0.717) is 0 Å². The molecule has 0 radical (unpaired) electrons. The molecule has 0 fully saturated rings. The number of H-pyrrole nitrogens is 2. The summed E-state index contributed by atoms with van der Waals surface area (Å²) in [6, 6.07) is 12.3. The van der Waals surface area contributed by atoms with Gasteiger partial charge in [-0.25, -0.2) is 0 Å². The first-order chi connectivity index (χ1) is 9.43. The van der Waals surface area contributed by atoms with E-state index in [1.165, 1.54) is 0 Å². The van der Waals surface area contributed by atoms with Gasteiger partial charge in [0.15, 0.2) is 0 Å². The summed E-state index contributed by atoms with van der Waals surface area (Å²) < 4.78 is 9.18. The van der Waals surface area contributed by atoms with E-state index in [-0.39, 0.29) is 15.0 Å². The van der Waals surface area contributed by atoms with Gasteiger partial charge in [-0.3, -0.25) is 0 Å². The Bertz CT molecular complexity index is 744. The van der Waals surface area contributed by atoms with Crippen LogP contribution in [-0.2, 0) is 0 Å². The molecule has 0 saturated heterocycles. The Labute approximate surface area is 115 Å². The number of benzene rings is 1. The summed E-state index contributed by atoms with van der Waals surface area (Å²) in [7, 11) is 0. The topological polar surface area (TPSA) is 57.4 Å². The monoisotopic (exact) mass is 314 g/mol. The Hall–Kier alpha value is -2.10. The van der Waals surface area contributed by atoms with Crippen LogP contribution in [0.15, 0.2) is 48.8 Å². The van der Waals surface area contributed by atoms with Gasteiger partial charge in [0.2, 0.25) is 0 Å². The molecule has 1 aromatic carbocycles. The van der Waals surface area contributed by atoms with E-state index >= 15 is 0 Å². The molecule has 0 bridgehead atoms. The zero-order valence-electron chi connectivity index (χ0n) is 9.92. The Balaban J connectivity index is 2.01. The van der Waals surface area contributed by atoms with Crippen molar-refractivity contribution in [1.82, 2.24) is 17.9 Å². The molecule has 0 unspecified atom stereocenters. The van der Waals surface area contributed by atoms with Crippen molar-refractivity contribution in [2.24, 2.45) is 0 Å². The quantitative estimate of drug-likeness (QED) is 0.559. The molecule has 3 aromatic heterocycles. The van der Waals surface area contributed by atoms with E-state index in [1.54, 1.807) is 0 Å². The van der Waals surface area contributed by atoms with E-state index in [0.717, 1.165) is 33.5 Å². The van der Waals surface area contributed by atoms with Crippen molar-refractivity contribution >= 4 is 26.0 Å². The van der Waals surface area contributed by atoms with Gasteiger partial charge in [0.1, 0.15) is 0 Å². The SMILES string of the molecule is c1c[nH]c(-c2ccc(-c3ccc[nH]3)c3n[se]nc23)c1. The van der Waals surface area contributed by atoms with Crippen LogP contribution in [0.3, 0.4) is 0 Å². The second-order valence-electron chi connectivity index (χ2n) is 4.29. The number of nitrogens with one attached hydrogen (secondary N) is 2. The summed E-state index contributed by atoms with van der Waals surface area (Å²) in [6.45, 7) is 0. The number of hydrogen-bond acceptors (Lipinski definition) is 2. The van der Waals surface area contributed by atoms with Crippen molar-refractivity contribution in [3.63, 3.8) is 0 Å². The van der Waals surface area contributed by atoms with Gasteiger partial charge in [0.25, 0.3) is 0 Å². The molecule has 0 aliphatic rings. The van der Waals surface area contributed by atoms with Gasteiger partial charge in [0.05, 0.1) is 0 Å². The Morgan fingerprint density at radius 1 is 0.737 bits per heavy atom. The molecule has 0 saturated carbocycles. The molecule has 4 rings (SSSR count). The fourth-order valence-corrected chi connectivity index (χ4v) is 3.50. The molecule has 0 amide bonds. The number of fused-ring (bicyclic) bond motifs is 1. The Morgan fingerprint density at radius 2 is 1.26 bits per heavy atom. The molecule has 4 aromatic rings. The normalized spacial score (nSPS) is 11.2. The van der Waals surface area contributed by atoms with Crippen molar-refractivity contribution in [1.29, 1.82) is 0 Å². The average molecular weight is 313 g/mol. The molecule has 92 valence electrons.